The number of anilines is 2. The fraction of sp³-hybridized carbons (Fsp3) is 0.133. The number of carbonyl (C=O) groups excluding carboxylic acids is 4. The van der Waals surface area contributed by atoms with E-state index >= 15 is 0 Å². The van der Waals surface area contributed by atoms with E-state index in [-0.39, 0.29) is 61.5 Å². The number of imide groups is 1. The van der Waals surface area contributed by atoms with Gasteiger partial charge in [0.15, 0.2) is 0 Å². The normalized spacial score (nSPS) is 16.6. The number of esters is 1. The minimum Gasteiger partial charge on any atom is -0.426 e. The third kappa shape index (κ3) is 4.44. The molecule has 0 saturated carbocycles. The molecular weight excluding hydrogens is 610 g/mol. The zero-order valence-electron chi connectivity index (χ0n) is 21.2. The standard InChI is InChI=1S/C30H18Cl4N2O5/c1-14-11-17(9-10-19(14)36-28(38)22-23(29(36)39)25(32)27(34)26(33)24(22)31)41-30(40)16-12-21(37)35(13-16)20-8-4-6-15-5-2-3-7-18(15)20/h2-11,16H,12-13H2,1H3/t16-/m1/s1. The number of carbonyl (C=O) groups is 4. The molecule has 2 aliphatic rings. The summed E-state index contributed by atoms with van der Waals surface area (Å²) in [6.07, 6.45) is 0.0147. The third-order valence-corrected chi connectivity index (χ3v) is 9.05. The predicted octanol–water partition coefficient (Wildman–Crippen LogP) is 7.52. The second kappa shape index (κ2) is 10.3. The van der Waals surface area contributed by atoms with Crippen LogP contribution >= 0.6 is 46.4 Å². The van der Waals surface area contributed by atoms with Crippen LogP contribution in [0.4, 0.5) is 11.4 Å². The summed E-state index contributed by atoms with van der Waals surface area (Å²) < 4.78 is 5.62. The fourth-order valence-corrected chi connectivity index (χ4v) is 6.27. The summed E-state index contributed by atoms with van der Waals surface area (Å²) in [5.41, 5.74) is 1.19. The summed E-state index contributed by atoms with van der Waals surface area (Å²) in [5.74, 6) is -2.61. The van der Waals surface area contributed by atoms with Crippen LogP contribution in [-0.2, 0) is 9.59 Å². The Balaban J connectivity index is 1.21. The molecule has 4 aromatic carbocycles. The number of rotatable bonds is 4. The van der Waals surface area contributed by atoms with Crippen LogP contribution in [0.3, 0.4) is 0 Å². The van der Waals surface area contributed by atoms with E-state index in [9.17, 15) is 19.2 Å². The first-order valence-corrected chi connectivity index (χ1v) is 13.9. The third-order valence-electron chi connectivity index (χ3n) is 7.24. The molecule has 1 fully saturated rings. The quantitative estimate of drug-likeness (QED) is 0.0768. The molecule has 0 radical (unpaired) electrons. The van der Waals surface area contributed by atoms with Crippen LogP contribution in [0.25, 0.3) is 10.8 Å². The number of amides is 3. The first kappa shape index (κ1) is 27.5. The average Bonchev–Trinajstić information content (AvgIpc) is 3.47. The summed E-state index contributed by atoms with van der Waals surface area (Å²) in [4.78, 5) is 55.0. The Morgan fingerprint density at radius 1 is 0.805 bits per heavy atom. The number of aryl methyl sites for hydroxylation is 1. The van der Waals surface area contributed by atoms with Crippen molar-refractivity contribution in [3.63, 3.8) is 0 Å². The van der Waals surface area contributed by atoms with Gasteiger partial charge in [0.2, 0.25) is 5.91 Å². The Morgan fingerprint density at radius 2 is 1.44 bits per heavy atom. The van der Waals surface area contributed by atoms with Gasteiger partial charge in [-0.05, 0) is 42.1 Å². The van der Waals surface area contributed by atoms with Gasteiger partial charge < -0.3 is 9.64 Å². The molecule has 0 aromatic heterocycles. The van der Waals surface area contributed by atoms with E-state index in [2.05, 4.69) is 0 Å². The Morgan fingerprint density at radius 3 is 2.10 bits per heavy atom. The van der Waals surface area contributed by atoms with Crippen LogP contribution in [0.5, 0.6) is 5.75 Å². The molecule has 1 saturated heterocycles. The number of hydrogen-bond donors (Lipinski definition) is 0. The molecule has 7 nitrogen and oxygen atoms in total. The zero-order valence-corrected chi connectivity index (χ0v) is 24.2. The molecule has 0 bridgehead atoms. The van der Waals surface area contributed by atoms with E-state index in [0.717, 1.165) is 21.4 Å². The highest BCUT2D eigenvalue weighted by atomic mass is 35.5. The van der Waals surface area contributed by atoms with Crippen molar-refractivity contribution in [2.75, 3.05) is 16.3 Å². The largest absolute Gasteiger partial charge is 0.426 e. The highest BCUT2D eigenvalue weighted by molar-refractivity contribution is 6.56. The van der Waals surface area contributed by atoms with Gasteiger partial charge in [-0.1, -0.05) is 82.8 Å². The van der Waals surface area contributed by atoms with Gasteiger partial charge in [0.05, 0.1) is 48.5 Å². The van der Waals surface area contributed by atoms with Gasteiger partial charge >= 0.3 is 5.97 Å². The molecule has 0 unspecified atom stereocenters. The Hall–Kier alpha value is -3.62. The van der Waals surface area contributed by atoms with E-state index in [1.165, 1.54) is 18.2 Å². The summed E-state index contributed by atoms with van der Waals surface area (Å²) in [7, 11) is 0. The molecule has 0 aliphatic carbocycles. The summed E-state index contributed by atoms with van der Waals surface area (Å²) in [6, 6.07) is 17.9. The predicted molar refractivity (Wildman–Crippen MR) is 159 cm³/mol. The Bertz CT molecular complexity index is 1790. The highest BCUT2D eigenvalue weighted by Gasteiger charge is 2.43. The lowest BCUT2D eigenvalue weighted by Crippen LogP contribution is -2.30. The van der Waals surface area contributed by atoms with Crippen molar-refractivity contribution < 1.29 is 23.9 Å². The molecule has 4 aromatic rings. The van der Waals surface area contributed by atoms with E-state index in [4.69, 9.17) is 51.1 Å². The second-order valence-corrected chi connectivity index (χ2v) is 11.2. The maximum atomic E-state index is 13.2. The number of ether oxygens (including phenoxy) is 1. The van der Waals surface area contributed by atoms with E-state index < -0.39 is 23.7 Å². The SMILES string of the molecule is Cc1cc(OC(=O)[C@@H]2CC(=O)N(c3cccc4ccccc34)C2)ccc1N1C(=O)c2c(Cl)c(Cl)c(Cl)c(Cl)c2C1=O. The molecule has 41 heavy (non-hydrogen) atoms. The van der Waals surface area contributed by atoms with Crippen molar-refractivity contribution in [1.82, 2.24) is 0 Å². The van der Waals surface area contributed by atoms with Gasteiger partial charge in [-0.2, -0.15) is 0 Å². The second-order valence-electron chi connectivity index (χ2n) is 9.72. The molecule has 2 aliphatic heterocycles. The van der Waals surface area contributed by atoms with Crippen molar-refractivity contribution >= 4 is 92.2 Å². The maximum Gasteiger partial charge on any atom is 0.316 e. The zero-order chi connectivity index (χ0) is 29.2. The van der Waals surface area contributed by atoms with Crippen molar-refractivity contribution in [1.29, 1.82) is 0 Å². The number of halogens is 4. The molecule has 1 atom stereocenters. The minimum absolute atomic E-state index is 0.0147. The Labute approximate surface area is 254 Å². The first-order valence-electron chi connectivity index (χ1n) is 12.4. The monoisotopic (exact) mass is 626 g/mol. The van der Waals surface area contributed by atoms with Crippen LogP contribution in [0.1, 0.15) is 32.7 Å². The summed E-state index contributed by atoms with van der Waals surface area (Å²) in [5, 5.41) is 1.34. The first-order chi connectivity index (χ1) is 19.6. The van der Waals surface area contributed by atoms with E-state index in [0.29, 0.717) is 5.56 Å². The number of hydrogen-bond acceptors (Lipinski definition) is 5. The lowest BCUT2D eigenvalue weighted by molar-refractivity contribution is -0.139. The van der Waals surface area contributed by atoms with Crippen molar-refractivity contribution in [2.24, 2.45) is 5.92 Å². The van der Waals surface area contributed by atoms with E-state index in [1.54, 1.807) is 11.8 Å². The topological polar surface area (TPSA) is 84.0 Å². The van der Waals surface area contributed by atoms with Gasteiger partial charge in [0.1, 0.15) is 5.75 Å². The molecular formula is C30H18Cl4N2O5. The maximum absolute atomic E-state index is 13.2. The van der Waals surface area contributed by atoms with E-state index in [1.807, 2.05) is 42.5 Å². The highest BCUT2D eigenvalue weighted by Crippen LogP contribution is 2.46. The van der Waals surface area contributed by atoms with Crippen LogP contribution in [0, 0.1) is 12.8 Å². The smallest absolute Gasteiger partial charge is 0.316 e. The molecule has 11 heteroatoms. The van der Waals surface area contributed by atoms with Crippen LogP contribution in [-0.4, -0.2) is 30.2 Å². The fourth-order valence-electron chi connectivity index (χ4n) is 5.25. The van der Waals surface area contributed by atoms with Crippen LogP contribution in [0.2, 0.25) is 20.1 Å². The molecule has 6 rings (SSSR count). The number of nitrogens with zero attached hydrogens (tertiary/aromatic N) is 2. The molecule has 206 valence electrons. The van der Waals surface area contributed by atoms with Gasteiger partial charge in [0, 0.05) is 18.4 Å². The molecule has 3 amide bonds. The van der Waals surface area contributed by atoms with Crippen molar-refractivity contribution in [3.05, 3.63) is 97.4 Å². The molecule has 0 spiro atoms. The number of benzene rings is 4. The average molecular weight is 628 g/mol. The molecule has 0 N–H and O–H groups in total. The van der Waals surface area contributed by atoms with Gasteiger partial charge in [-0.15, -0.1) is 0 Å². The lowest BCUT2D eigenvalue weighted by Gasteiger charge is -2.19. The number of fused-ring (bicyclic) bond motifs is 2. The van der Waals surface area contributed by atoms with Crippen molar-refractivity contribution in [3.8, 4) is 5.75 Å². The minimum atomic E-state index is -0.707. The van der Waals surface area contributed by atoms with Gasteiger partial charge in [-0.3, -0.25) is 19.2 Å². The van der Waals surface area contributed by atoms with Crippen LogP contribution < -0.4 is 14.5 Å². The summed E-state index contributed by atoms with van der Waals surface area (Å²) in [6.45, 7) is 1.84. The lowest BCUT2D eigenvalue weighted by atomic mass is 10.1. The van der Waals surface area contributed by atoms with Gasteiger partial charge in [0.25, 0.3) is 11.8 Å². The molecule has 2 heterocycles. The Kier molecular flexibility index (Phi) is 6.94. The van der Waals surface area contributed by atoms with Crippen molar-refractivity contribution in [2.45, 2.75) is 13.3 Å². The van der Waals surface area contributed by atoms with Crippen LogP contribution in [0.15, 0.2) is 60.7 Å². The van der Waals surface area contributed by atoms with Gasteiger partial charge in [-0.25, -0.2) is 4.90 Å². The summed E-state index contributed by atoms with van der Waals surface area (Å²) >= 11 is 24.7.